The molecule has 192 valence electrons. The Balaban J connectivity index is 1.37. The summed E-state index contributed by atoms with van der Waals surface area (Å²) >= 11 is 0. The number of carbonyl (C=O) groups excluding carboxylic acids is 2. The molecule has 0 atom stereocenters. The van der Waals surface area contributed by atoms with Gasteiger partial charge in [0.2, 0.25) is 6.79 Å². The number of esters is 2. The van der Waals surface area contributed by atoms with Gasteiger partial charge in [-0.2, -0.15) is 0 Å². The van der Waals surface area contributed by atoms with Crippen molar-refractivity contribution < 1.29 is 43.2 Å². The Hall–Kier alpha value is -4.79. The van der Waals surface area contributed by atoms with Crippen LogP contribution in [0.4, 0.5) is 0 Å². The van der Waals surface area contributed by atoms with Crippen molar-refractivity contribution in [2.45, 2.75) is 12.8 Å². The lowest BCUT2D eigenvalue weighted by molar-refractivity contribution is -0.137. The average Bonchev–Trinajstić information content (AvgIpc) is 2.92. The van der Waals surface area contributed by atoms with Crippen molar-refractivity contribution in [3.63, 3.8) is 0 Å². The minimum Gasteiger partial charge on any atom is -0.494 e. The van der Waals surface area contributed by atoms with E-state index in [1.54, 1.807) is 60.7 Å². The molecule has 0 spiro atoms. The molecule has 1 N–H and O–H groups in total. The molecular weight excluding hydrogens is 480 g/mol. The smallest absolute Gasteiger partial charge is 0.343 e. The van der Waals surface area contributed by atoms with E-state index in [0.29, 0.717) is 54.6 Å². The molecule has 0 unspecified atom stereocenters. The van der Waals surface area contributed by atoms with Gasteiger partial charge in [-0.05, 0) is 85.6 Å². The van der Waals surface area contributed by atoms with Crippen molar-refractivity contribution in [3.8, 4) is 23.0 Å². The molecular formula is C28H26O9. The molecule has 0 radical (unpaired) electrons. The van der Waals surface area contributed by atoms with Crippen LogP contribution in [0.1, 0.15) is 33.6 Å². The van der Waals surface area contributed by atoms with E-state index >= 15 is 0 Å². The minimum absolute atomic E-state index is 0.0806. The number of hydrogen-bond donors (Lipinski definition) is 1. The summed E-state index contributed by atoms with van der Waals surface area (Å²) in [4.78, 5) is 34.2. The zero-order chi connectivity index (χ0) is 26.5. The van der Waals surface area contributed by atoms with Gasteiger partial charge in [0.15, 0.2) is 0 Å². The highest BCUT2D eigenvalue weighted by molar-refractivity contribution is 5.91. The van der Waals surface area contributed by atoms with Crippen LogP contribution in [-0.2, 0) is 9.53 Å². The number of rotatable bonds is 14. The number of aromatic carboxylic acids is 1. The predicted molar refractivity (Wildman–Crippen MR) is 133 cm³/mol. The van der Waals surface area contributed by atoms with Gasteiger partial charge >= 0.3 is 17.9 Å². The van der Waals surface area contributed by atoms with Crippen molar-refractivity contribution in [2.24, 2.45) is 0 Å². The SMILES string of the molecule is C=CC(=O)OCCCCOc1ccc(C(=O)Oc2ccc(OCOc3ccc(C(=O)O)cc3)cc2)cc1. The minimum atomic E-state index is -1.01. The van der Waals surface area contributed by atoms with Gasteiger partial charge in [-0.3, -0.25) is 0 Å². The van der Waals surface area contributed by atoms with Crippen LogP contribution in [0.15, 0.2) is 85.5 Å². The van der Waals surface area contributed by atoms with Crippen LogP contribution < -0.4 is 18.9 Å². The Bertz CT molecular complexity index is 1180. The van der Waals surface area contributed by atoms with E-state index in [9.17, 15) is 14.4 Å². The maximum Gasteiger partial charge on any atom is 0.343 e. The van der Waals surface area contributed by atoms with Crippen LogP contribution in [0.2, 0.25) is 0 Å². The van der Waals surface area contributed by atoms with Crippen LogP contribution in [0.25, 0.3) is 0 Å². The first-order valence-electron chi connectivity index (χ1n) is 11.4. The molecule has 0 fully saturated rings. The standard InChI is InChI=1S/C28H26O9/c1-2-26(29)34-18-4-3-17-33-22-11-7-21(8-12-22)28(32)37-25-15-13-24(14-16-25)36-19-35-23-9-5-20(6-10-23)27(30)31/h2,5-16H,1,3-4,17-19H2,(H,30,31). The van der Waals surface area contributed by atoms with E-state index in [1.165, 1.54) is 12.1 Å². The third-order valence-corrected chi connectivity index (χ3v) is 4.90. The molecule has 3 aromatic rings. The average molecular weight is 507 g/mol. The van der Waals surface area contributed by atoms with Crippen LogP contribution in [0.5, 0.6) is 23.0 Å². The van der Waals surface area contributed by atoms with Crippen LogP contribution in [0, 0.1) is 0 Å². The fraction of sp³-hybridized carbons (Fsp3) is 0.179. The second-order valence-electron chi connectivity index (χ2n) is 7.55. The molecule has 0 amide bonds. The van der Waals surface area contributed by atoms with Crippen LogP contribution in [-0.4, -0.2) is 43.0 Å². The largest absolute Gasteiger partial charge is 0.494 e. The van der Waals surface area contributed by atoms with E-state index in [1.807, 2.05) is 0 Å². The van der Waals surface area contributed by atoms with E-state index in [-0.39, 0.29) is 12.4 Å². The summed E-state index contributed by atoms with van der Waals surface area (Å²) < 4.78 is 26.8. The lowest BCUT2D eigenvalue weighted by atomic mass is 10.2. The highest BCUT2D eigenvalue weighted by Crippen LogP contribution is 2.20. The first-order valence-corrected chi connectivity index (χ1v) is 11.4. The summed E-state index contributed by atoms with van der Waals surface area (Å²) in [5, 5.41) is 8.91. The van der Waals surface area contributed by atoms with Crippen molar-refractivity contribution in [1.82, 2.24) is 0 Å². The second kappa shape index (κ2) is 13.9. The predicted octanol–water partition coefficient (Wildman–Crippen LogP) is 4.91. The summed E-state index contributed by atoms with van der Waals surface area (Å²) in [6, 6.07) is 19.0. The Labute approximate surface area is 213 Å². The van der Waals surface area contributed by atoms with Crippen molar-refractivity contribution >= 4 is 17.9 Å². The van der Waals surface area contributed by atoms with Crippen molar-refractivity contribution in [2.75, 3.05) is 20.0 Å². The maximum absolute atomic E-state index is 12.4. The molecule has 0 aromatic heterocycles. The molecule has 0 heterocycles. The molecule has 0 saturated carbocycles. The monoisotopic (exact) mass is 506 g/mol. The normalized spacial score (nSPS) is 10.2. The van der Waals surface area contributed by atoms with Gasteiger partial charge in [-0.25, -0.2) is 14.4 Å². The molecule has 0 aliphatic carbocycles. The molecule has 9 nitrogen and oxygen atoms in total. The first-order chi connectivity index (χ1) is 17.9. The van der Waals surface area contributed by atoms with Gasteiger partial charge in [0.25, 0.3) is 0 Å². The second-order valence-corrected chi connectivity index (χ2v) is 7.55. The van der Waals surface area contributed by atoms with Gasteiger partial charge < -0.3 is 28.8 Å². The topological polar surface area (TPSA) is 118 Å². The summed E-state index contributed by atoms with van der Waals surface area (Å²) in [5.74, 6) is -0.0377. The molecule has 3 rings (SSSR count). The van der Waals surface area contributed by atoms with Gasteiger partial charge in [0.1, 0.15) is 23.0 Å². The number of hydrogen-bond acceptors (Lipinski definition) is 8. The van der Waals surface area contributed by atoms with E-state index < -0.39 is 17.9 Å². The van der Waals surface area contributed by atoms with Crippen molar-refractivity contribution in [3.05, 3.63) is 96.6 Å². The fourth-order valence-electron chi connectivity index (χ4n) is 2.94. The summed E-state index contributed by atoms with van der Waals surface area (Å²) in [6.45, 7) is 4.01. The van der Waals surface area contributed by atoms with Gasteiger partial charge in [-0.1, -0.05) is 6.58 Å². The third-order valence-electron chi connectivity index (χ3n) is 4.90. The molecule has 0 saturated heterocycles. The third kappa shape index (κ3) is 9.06. The number of carboxylic acid groups (broad SMARTS) is 1. The Morgan fingerprint density at radius 2 is 1.16 bits per heavy atom. The van der Waals surface area contributed by atoms with Gasteiger partial charge in [0, 0.05) is 6.08 Å². The fourth-order valence-corrected chi connectivity index (χ4v) is 2.94. The lowest BCUT2D eigenvalue weighted by Gasteiger charge is -2.10. The zero-order valence-electron chi connectivity index (χ0n) is 20.0. The van der Waals surface area contributed by atoms with Crippen molar-refractivity contribution in [1.29, 1.82) is 0 Å². The van der Waals surface area contributed by atoms with Gasteiger partial charge in [0.05, 0.1) is 24.3 Å². The van der Waals surface area contributed by atoms with E-state index in [0.717, 1.165) is 6.08 Å². The molecule has 9 heteroatoms. The van der Waals surface area contributed by atoms with Crippen LogP contribution in [0.3, 0.4) is 0 Å². The zero-order valence-corrected chi connectivity index (χ0v) is 20.0. The molecule has 3 aromatic carbocycles. The Kier molecular flexibility index (Phi) is 10.1. The number of carbonyl (C=O) groups is 3. The molecule has 0 aliphatic heterocycles. The summed E-state index contributed by atoms with van der Waals surface area (Å²) in [7, 11) is 0. The molecule has 0 aliphatic rings. The maximum atomic E-state index is 12.4. The summed E-state index contributed by atoms with van der Waals surface area (Å²) in [6.07, 6.45) is 2.50. The highest BCUT2D eigenvalue weighted by atomic mass is 16.7. The Morgan fingerprint density at radius 3 is 1.73 bits per heavy atom. The molecule has 0 bridgehead atoms. The highest BCUT2D eigenvalue weighted by Gasteiger charge is 2.09. The Morgan fingerprint density at radius 1 is 0.676 bits per heavy atom. The lowest BCUT2D eigenvalue weighted by Crippen LogP contribution is -2.09. The van der Waals surface area contributed by atoms with Gasteiger partial charge in [-0.15, -0.1) is 0 Å². The van der Waals surface area contributed by atoms with E-state index in [2.05, 4.69) is 6.58 Å². The first kappa shape index (κ1) is 26.8. The quantitative estimate of drug-likeness (QED) is 0.107. The number of unbranched alkanes of at least 4 members (excludes halogenated alkanes) is 1. The number of carboxylic acids is 1. The van der Waals surface area contributed by atoms with E-state index in [4.69, 9.17) is 28.8 Å². The number of ether oxygens (including phenoxy) is 5. The summed E-state index contributed by atoms with van der Waals surface area (Å²) in [5.41, 5.74) is 0.534. The number of benzene rings is 3. The van der Waals surface area contributed by atoms with Crippen LogP contribution >= 0.6 is 0 Å². The molecule has 37 heavy (non-hydrogen) atoms.